The number of hydrogen-bond acceptors (Lipinski definition) is 5. The predicted molar refractivity (Wildman–Crippen MR) is 71.0 cm³/mol. The number of phenols is 1. The van der Waals surface area contributed by atoms with Gasteiger partial charge in [-0.1, -0.05) is 36.1 Å². The third-order valence-electron chi connectivity index (χ3n) is 2.18. The SMILES string of the molecule is COc1cccc(/C=C2/SC(=S)NC2=O)c1O. The fraction of sp³-hybridized carbons (Fsp3) is 0.0909. The molecule has 0 radical (unpaired) electrons. The first-order valence-corrected chi connectivity index (χ1v) is 5.95. The summed E-state index contributed by atoms with van der Waals surface area (Å²) in [5.74, 6) is 0.126. The molecule has 1 aliphatic rings. The Morgan fingerprint density at radius 2 is 2.29 bits per heavy atom. The highest BCUT2D eigenvalue weighted by Gasteiger charge is 2.22. The summed E-state index contributed by atoms with van der Waals surface area (Å²) in [6.45, 7) is 0. The van der Waals surface area contributed by atoms with E-state index in [2.05, 4.69) is 5.32 Å². The molecular formula is C11H9NO3S2. The smallest absolute Gasteiger partial charge is 0.263 e. The van der Waals surface area contributed by atoms with Gasteiger partial charge in [0.25, 0.3) is 5.91 Å². The Hall–Kier alpha value is -1.53. The van der Waals surface area contributed by atoms with Gasteiger partial charge in [0.1, 0.15) is 4.32 Å². The largest absolute Gasteiger partial charge is 0.504 e. The van der Waals surface area contributed by atoms with Crippen LogP contribution in [0.25, 0.3) is 6.08 Å². The van der Waals surface area contributed by atoms with Gasteiger partial charge in [0.15, 0.2) is 11.5 Å². The Bertz CT molecular complexity index is 525. The third-order valence-corrected chi connectivity index (χ3v) is 3.34. The molecule has 0 atom stereocenters. The van der Waals surface area contributed by atoms with Crippen LogP contribution in [-0.2, 0) is 4.79 Å². The lowest BCUT2D eigenvalue weighted by Gasteiger charge is -2.05. The van der Waals surface area contributed by atoms with Crippen LogP contribution in [0.15, 0.2) is 23.1 Å². The lowest BCUT2D eigenvalue weighted by Crippen LogP contribution is -2.17. The van der Waals surface area contributed by atoms with Crippen molar-refractivity contribution < 1.29 is 14.6 Å². The molecule has 1 fully saturated rings. The summed E-state index contributed by atoms with van der Waals surface area (Å²) < 4.78 is 5.41. The van der Waals surface area contributed by atoms with E-state index in [1.807, 2.05) is 0 Å². The molecule has 0 spiro atoms. The lowest BCUT2D eigenvalue weighted by molar-refractivity contribution is -0.115. The lowest BCUT2D eigenvalue weighted by atomic mass is 10.1. The van der Waals surface area contributed by atoms with E-state index in [9.17, 15) is 9.90 Å². The molecule has 1 heterocycles. The first kappa shape index (κ1) is 11.9. The van der Waals surface area contributed by atoms with E-state index in [1.165, 1.54) is 18.9 Å². The van der Waals surface area contributed by atoms with Crippen molar-refractivity contribution in [1.29, 1.82) is 0 Å². The zero-order chi connectivity index (χ0) is 12.4. The Labute approximate surface area is 108 Å². The van der Waals surface area contributed by atoms with Gasteiger partial charge in [0.05, 0.1) is 12.0 Å². The second kappa shape index (κ2) is 4.77. The minimum atomic E-state index is -0.248. The number of thioether (sulfide) groups is 1. The number of rotatable bonds is 2. The molecular weight excluding hydrogens is 258 g/mol. The molecule has 0 aliphatic carbocycles. The van der Waals surface area contributed by atoms with Crippen molar-refractivity contribution in [2.45, 2.75) is 0 Å². The minimum Gasteiger partial charge on any atom is -0.504 e. The number of hydrogen-bond donors (Lipinski definition) is 2. The molecule has 88 valence electrons. The van der Waals surface area contributed by atoms with Crippen molar-refractivity contribution in [3.63, 3.8) is 0 Å². The molecule has 6 heteroatoms. The third kappa shape index (κ3) is 2.42. The zero-order valence-electron chi connectivity index (χ0n) is 8.89. The summed E-state index contributed by atoms with van der Waals surface area (Å²) in [7, 11) is 1.47. The van der Waals surface area contributed by atoms with Crippen molar-refractivity contribution in [3.8, 4) is 11.5 Å². The van der Waals surface area contributed by atoms with Crippen LogP contribution in [0.3, 0.4) is 0 Å². The van der Waals surface area contributed by atoms with Crippen LogP contribution in [-0.4, -0.2) is 22.4 Å². The van der Waals surface area contributed by atoms with E-state index < -0.39 is 0 Å². The number of carbonyl (C=O) groups is 1. The second-order valence-electron chi connectivity index (χ2n) is 3.25. The van der Waals surface area contributed by atoms with Crippen molar-refractivity contribution in [2.24, 2.45) is 0 Å². The highest BCUT2D eigenvalue weighted by molar-refractivity contribution is 8.26. The van der Waals surface area contributed by atoms with Crippen LogP contribution in [0.2, 0.25) is 0 Å². The number of para-hydroxylation sites is 1. The molecule has 1 amide bonds. The Morgan fingerprint density at radius 3 is 2.88 bits per heavy atom. The number of thiocarbonyl (C=S) groups is 1. The number of aromatic hydroxyl groups is 1. The van der Waals surface area contributed by atoms with E-state index in [4.69, 9.17) is 17.0 Å². The van der Waals surface area contributed by atoms with Gasteiger partial charge in [-0.2, -0.15) is 0 Å². The average Bonchev–Trinajstić information content (AvgIpc) is 2.60. The van der Waals surface area contributed by atoms with Gasteiger partial charge >= 0.3 is 0 Å². The van der Waals surface area contributed by atoms with Crippen molar-refractivity contribution in [1.82, 2.24) is 5.32 Å². The first-order chi connectivity index (χ1) is 8.11. The van der Waals surface area contributed by atoms with E-state index in [-0.39, 0.29) is 11.7 Å². The number of carbonyl (C=O) groups excluding carboxylic acids is 1. The zero-order valence-corrected chi connectivity index (χ0v) is 10.5. The maximum absolute atomic E-state index is 11.5. The van der Waals surface area contributed by atoms with Crippen LogP contribution < -0.4 is 10.1 Å². The van der Waals surface area contributed by atoms with Gasteiger partial charge in [-0.25, -0.2) is 0 Å². The quantitative estimate of drug-likeness (QED) is 0.633. The number of benzene rings is 1. The number of methoxy groups -OCH3 is 1. The summed E-state index contributed by atoms with van der Waals surface area (Å²) >= 11 is 6.04. The van der Waals surface area contributed by atoms with E-state index in [1.54, 1.807) is 24.3 Å². The Morgan fingerprint density at radius 1 is 1.53 bits per heavy atom. The monoisotopic (exact) mass is 267 g/mol. The molecule has 17 heavy (non-hydrogen) atoms. The number of amides is 1. The Kier molecular flexibility index (Phi) is 3.35. The summed E-state index contributed by atoms with van der Waals surface area (Å²) in [4.78, 5) is 11.9. The predicted octanol–water partition coefficient (Wildman–Crippen LogP) is 1.89. The van der Waals surface area contributed by atoms with E-state index in [0.717, 1.165) is 0 Å². The normalized spacial score (nSPS) is 17.4. The van der Waals surface area contributed by atoms with Gasteiger partial charge in [0, 0.05) is 5.56 Å². The fourth-order valence-electron chi connectivity index (χ4n) is 1.38. The van der Waals surface area contributed by atoms with Gasteiger partial charge in [-0.05, 0) is 12.1 Å². The van der Waals surface area contributed by atoms with Crippen LogP contribution in [0.1, 0.15) is 5.56 Å². The van der Waals surface area contributed by atoms with E-state index in [0.29, 0.717) is 20.5 Å². The van der Waals surface area contributed by atoms with Crippen LogP contribution in [0.5, 0.6) is 11.5 Å². The molecule has 1 aromatic carbocycles. The van der Waals surface area contributed by atoms with Crippen LogP contribution in [0, 0.1) is 0 Å². The first-order valence-electron chi connectivity index (χ1n) is 4.72. The summed E-state index contributed by atoms with van der Waals surface area (Å²) in [6.07, 6.45) is 1.58. The number of phenolic OH excluding ortho intramolecular Hbond substituents is 1. The molecule has 1 saturated heterocycles. The maximum atomic E-state index is 11.5. The molecule has 1 aromatic rings. The molecule has 0 aromatic heterocycles. The summed E-state index contributed by atoms with van der Waals surface area (Å²) in [5, 5.41) is 12.4. The number of nitrogens with one attached hydrogen (secondary N) is 1. The molecule has 4 nitrogen and oxygen atoms in total. The summed E-state index contributed by atoms with van der Waals surface area (Å²) in [5.41, 5.74) is 0.520. The van der Waals surface area contributed by atoms with Crippen molar-refractivity contribution in [2.75, 3.05) is 7.11 Å². The van der Waals surface area contributed by atoms with Gasteiger partial charge < -0.3 is 15.2 Å². The highest BCUT2D eigenvalue weighted by atomic mass is 32.2. The molecule has 0 unspecified atom stereocenters. The van der Waals surface area contributed by atoms with Crippen molar-refractivity contribution in [3.05, 3.63) is 28.7 Å². The Balaban J connectivity index is 2.39. The molecule has 2 N–H and O–H groups in total. The fourth-order valence-corrected chi connectivity index (χ4v) is 2.42. The van der Waals surface area contributed by atoms with E-state index >= 15 is 0 Å². The molecule has 0 bridgehead atoms. The standard InChI is InChI=1S/C11H9NO3S2/c1-15-7-4-2-3-6(9(7)13)5-8-10(14)12-11(16)17-8/h2-5,13H,1H3,(H,12,14,16)/b8-5+. The van der Waals surface area contributed by atoms with Gasteiger partial charge in [-0.15, -0.1) is 0 Å². The molecule has 0 saturated carbocycles. The van der Waals surface area contributed by atoms with Crippen molar-refractivity contribution >= 4 is 40.3 Å². The molecule has 1 aliphatic heterocycles. The minimum absolute atomic E-state index is 0.00807. The second-order valence-corrected chi connectivity index (χ2v) is 4.97. The van der Waals surface area contributed by atoms with Crippen LogP contribution >= 0.6 is 24.0 Å². The van der Waals surface area contributed by atoms with Crippen LogP contribution in [0.4, 0.5) is 0 Å². The number of ether oxygens (including phenoxy) is 1. The van der Waals surface area contributed by atoms with Gasteiger partial charge in [0.2, 0.25) is 0 Å². The highest BCUT2D eigenvalue weighted by Crippen LogP contribution is 2.33. The maximum Gasteiger partial charge on any atom is 0.263 e. The average molecular weight is 267 g/mol. The summed E-state index contributed by atoms with van der Waals surface area (Å²) in [6, 6.07) is 5.07. The topological polar surface area (TPSA) is 58.6 Å². The van der Waals surface area contributed by atoms with Gasteiger partial charge in [-0.3, -0.25) is 4.79 Å². The molecule has 2 rings (SSSR count).